The number of phenolic OH excluding ortho intramolecular Hbond substituents is 2. The number of hydrogen-bond donors (Lipinski definition) is 5. The van der Waals surface area contributed by atoms with Crippen molar-refractivity contribution in [3.8, 4) is 17.2 Å². The first kappa shape index (κ1) is 15.8. The molecule has 2 aliphatic rings. The maximum absolute atomic E-state index is 12.1. The first-order valence-corrected chi connectivity index (χ1v) is 6.87. The average molecular weight is 328 g/mol. The van der Waals surface area contributed by atoms with E-state index in [1.807, 2.05) is 0 Å². The van der Waals surface area contributed by atoms with Gasteiger partial charge in [0.05, 0.1) is 19.3 Å². The Morgan fingerprint density at radius 3 is 2.57 bits per heavy atom. The second kappa shape index (κ2) is 5.53. The van der Waals surface area contributed by atoms with Gasteiger partial charge in [0.2, 0.25) is 5.75 Å². The van der Waals surface area contributed by atoms with Crippen molar-refractivity contribution in [2.75, 3.05) is 13.7 Å². The predicted octanol–water partition coefficient (Wildman–Crippen LogP) is -1.20. The lowest BCUT2D eigenvalue weighted by Gasteiger charge is -2.44. The van der Waals surface area contributed by atoms with Gasteiger partial charge >= 0.3 is 5.97 Å². The van der Waals surface area contributed by atoms with Gasteiger partial charge in [0, 0.05) is 5.56 Å². The average Bonchev–Trinajstić information content (AvgIpc) is 2.52. The van der Waals surface area contributed by atoms with Crippen LogP contribution in [0.1, 0.15) is 22.0 Å². The Morgan fingerprint density at radius 1 is 1.26 bits per heavy atom. The first-order chi connectivity index (χ1) is 10.9. The number of benzene rings is 1. The van der Waals surface area contributed by atoms with Crippen LogP contribution in [0.25, 0.3) is 0 Å². The standard InChI is InChI=1S/C14H16O9/c1-21-11-5(16)2-4-7(9(11)18)12-13(23-14(4)20)10(19)8(17)6(3-15)22-12/h2,6,8,10,12-13,15-19H,3H2,1H3/t6-,8-,10?,12+,13-/m1/s1. The van der Waals surface area contributed by atoms with Gasteiger partial charge in [-0.25, -0.2) is 4.79 Å². The summed E-state index contributed by atoms with van der Waals surface area (Å²) in [5.41, 5.74) is -0.187. The quantitative estimate of drug-likeness (QED) is 0.422. The molecule has 9 nitrogen and oxygen atoms in total. The van der Waals surface area contributed by atoms with E-state index in [1.165, 1.54) is 7.11 Å². The minimum absolute atomic E-state index is 0.0368. The van der Waals surface area contributed by atoms with Crippen molar-refractivity contribution in [3.05, 3.63) is 17.2 Å². The van der Waals surface area contributed by atoms with E-state index in [9.17, 15) is 30.3 Å². The maximum atomic E-state index is 12.1. The zero-order chi connectivity index (χ0) is 16.9. The highest BCUT2D eigenvalue weighted by atomic mass is 16.6. The molecule has 2 heterocycles. The van der Waals surface area contributed by atoms with Crippen LogP contribution >= 0.6 is 0 Å². The minimum atomic E-state index is -1.51. The van der Waals surface area contributed by atoms with E-state index >= 15 is 0 Å². The summed E-state index contributed by atoms with van der Waals surface area (Å²) in [4.78, 5) is 12.1. The number of phenols is 2. The molecule has 126 valence electrons. The van der Waals surface area contributed by atoms with Crippen LogP contribution in [0, 0.1) is 0 Å². The highest BCUT2D eigenvalue weighted by Gasteiger charge is 2.52. The number of ether oxygens (including phenoxy) is 3. The number of aliphatic hydroxyl groups is 3. The lowest BCUT2D eigenvalue weighted by atomic mass is 9.86. The summed E-state index contributed by atoms with van der Waals surface area (Å²) in [7, 11) is 1.22. The second-order valence-electron chi connectivity index (χ2n) is 5.37. The van der Waals surface area contributed by atoms with Gasteiger partial charge in [-0.2, -0.15) is 0 Å². The Bertz CT molecular complexity index is 644. The zero-order valence-electron chi connectivity index (χ0n) is 12.0. The zero-order valence-corrected chi connectivity index (χ0v) is 12.0. The molecule has 1 unspecified atom stereocenters. The highest BCUT2D eigenvalue weighted by molar-refractivity contribution is 5.95. The number of esters is 1. The molecule has 0 aliphatic carbocycles. The van der Waals surface area contributed by atoms with E-state index < -0.39 is 54.6 Å². The SMILES string of the molecule is COc1c(O)cc2c(c1O)[C@@H]1O[C@H](CO)[C@@H](O)C(O)[C@H]1OC2=O. The summed E-state index contributed by atoms with van der Waals surface area (Å²) in [5.74, 6) is -2.16. The van der Waals surface area contributed by atoms with Gasteiger partial charge in [0.1, 0.15) is 24.4 Å². The van der Waals surface area contributed by atoms with Gasteiger partial charge < -0.3 is 39.7 Å². The molecule has 1 fully saturated rings. The largest absolute Gasteiger partial charge is 0.504 e. The predicted molar refractivity (Wildman–Crippen MR) is 72.2 cm³/mol. The fourth-order valence-electron chi connectivity index (χ4n) is 2.95. The van der Waals surface area contributed by atoms with Crippen LogP contribution in [-0.2, 0) is 9.47 Å². The van der Waals surface area contributed by atoms with Crippen LogP contribution in [0.4, 0.5) is 0 Å². The molecule has 0 saturated carbocycles. The van der Waals surface area contributed by atoms with Gasteiger partial charge in [-0.05, 0) is 6.07 Å². The number of carbonyl (C=O) groups excluding carboxylic acids is 1. The normalized spacial score (nSPS) is 32.7. The molecule has 23 heavy (non-hydrogen) atoms. The Morgan fingerprint density at radius 2 is 1.96 bits per heavy atom. The number of fused-ring (bicyclic) bond motifs is 3. The maximum Gasteiger partial charge on any atom is 0.339 e. The van der Waals surface area contributed by atoms with Crippen molar-refractivity contribution in [2.45, 2.75) is 30.5 Å². The third kappa shape index (κ3) is 2.20. The Labute approximate surface area is 130 Å². The Hall–Kier alpha value is -2.07. The number of methoxy groups -OCH3 is 1. The second-order valence-corrected chi connectivity index (χ2v) is 5.37. The van der Waals surface area contributed by atoms with Crippen LogP contribution in [0.2, 0.25) is 0 Å². The molecular weight excluding hydrogens is 312 g/mol. The third-order valence-corrected chi connectivity index (χ3v) is 4.09. The number of aliphatic hydroxyl groups excluding tert-OH is 3. The molecule has 1 saturated heterocycles. The number of aromatic hydroxyl groups is 2. The fourth-order valence-corrected chi connectivity index (χ4v) is 2.95. The molecule has 0 spiro atoms. The lowest BCUT2D eigenvalue weighted by molar-refractivity contribution is -0.235. The topological polar surface area (TPSA) is 146 Å². The molecule has 3 rings (SSSR count). The van der Waals surface area contributed by atoms with Crippen LogP contribution in [0.15, 0.2) is 6.07 Å². The summed E-state index contributed by atoms with van der Waals surface area (Å²) < 4.78 is 15.4. The van der Waals surface area contributed by atoms with Crippen LogP contribution < -0.4 is 4.74 Å². The van der Waals surface area contributed by atoms with Crippen molar-refractivity contribution in [2.24, 2.45) is 0 Å². The number of rotatable bonds is 2. The van der Waals surface area contributed by atoms with Crippen LogP contribution in [-0.4, -0.2) is 69.6 Å². The summed E-state index contributed by atoms with van der Waals surface area (Å²) in [6.07, 6.45) is -6.50. The van der Waals surface area contributed by atoms with Gasteiger partial charge in [-0.15, -0.1) is 0 Å². The molecular formula is C14H16O9. The van der Waals surface area contributed by atoms with Gasteiger partial charge in [0.25, 0.3) is 0 Å². The molecule has 2 aliphatic heterocycles. The summed E-state index contributed by atoms with van der Waals surface area (Å²) in [6, 6.07) is 1.06. The highest BCUT2D eigenvalue weighted by Crippen LogP contribution is 2.49. The molecule has 5 N–H and O–H groups in total. The van der Waals surface area contributed by atoms with E-state index in [4.69, 9.17) is 14.2 Å². The van der Waals surface area contributed by atoms with E-state index in [1.54, 1.807) is 0 Å². The Balaban J connectivity index is 2.16. The molecule has 0 radical (unpaired) electrons. The van der Waals surface area contributed by atoms with Gasteiger partial charge in [-0.3, -0.25) is 0 Å². The summed E-state index contributed by atoms with van der Waals surface area (Å²) in [6.45, 7) is -0.583. The van der Waals surface area contributed by atoms with Crippen molar-refractivity contribution in [1.29, 1.82) is 0 Å². The Kier molecular flexibility index (Phi) is 3.80. The number of hydrogen-bond acceptors (Lipinski definition) is 9. The van der Waals surface area contributed by atoms with Crippen molar-refractivity contribution >= 4 is 5.97 Å². The molecule has 1 aromatic rings. The van der Waals surface area contributed by atoms with Crippen molar-refractivity contribution in [3.63, 3.8) is 0 Å². The molecule has 5 atom stereocenters. The molecule has 9 heteroatoms. The van der Waals surface area contributed by atoms with Gasteiger partial charge in [0.15, 0.2) is 17.6 Å². The monoisotopic (exact) mass is 328 g/mol. The van der Waals surface area contributed by atoms with E-state index in [0.29, 0.717) is 0 Å². The van der Waals surface area contributed by atoms with E-state index in [2.05, 4.69) is 0 Å². The molecule has 0 amide bonds. The lowest BCUT2D eigenvalue weighted by Crippen LogP contribution is -2.58. The van der Waals surface area contributed by atoms with E-state index in [-0.39, 0.29) is 16.9 Å². The first-order valence-electron chi connectivity index (χ1n) is 6.87. The number of carbonyl (C=O) groups is 1. The molecule has 1 aromatic carbocycles. The van der Waals surface area contributed by atoms with Crippen molar-refractivity contribution in [1.82, 2.24) is 0 Å². The van der Waals surface area contributed by atoms with Crippen LogP contribution in [0.3, 0.4) is 0 Å². The van der Waals surface area contributed by atoms with Crippen molar-refractivity contribution < 1.29 is 44.5 Å². The molecule has 0 aromatic heterocycles. The van der Waals surface area contributed by atoms with Gasteiger partial charge in [-0.1, -0.05) is 0 Å². The fraction of sp³-hybridized carbons (Fsp3) is 0.500. The van der Waals surface area contributed by atoms with Crippen LogP contribution in [0.5, 0.6) is 17.2 Å². The summed E-state index contributed by atoms with van der Waals surface area (Å²) >= 11 is 0. The third-order valence-electron chi connectivity index (χ3n) is 4.09. The summed E-state index contributed by atoms with van der Waals surface area (Å²) in [5, 5.41) is 49.3. The smallest absolute Gasteiger partial charge is 0.339 e. The van der Waals surface area contributed by atoms with E-state index in [0.717, 1.165) is 6.07 Å². The molecule has 0 bridgehead atoms. The minimum Gasteiger partial charge on any atom is -0.504 e.